The second kappa shape index (κ2) is 7.33. The zero-order valence-electron chi connectivity index (χ0n) is 13.9. The summed E-state index contributed by atoms with van der Waals surface area (Å²) in [4.78, 5) is 9.13. The van der Waals surface area contributed by atoms with E-state index < -0.39 is 0 Å². The number of nitrogens with zero attached hydrogens (tertiary/aromatic N) is 4. The Morgan fingerprint density at radius 3 is 2.76 bits per heavy atom. The molecule has 2 rings (SSSR count). The number of piperazine rings is 1. The van der Waals surface area contributed by atoms with Gasteiger partial charge in [-0.05, 0) is 19.9 Å². The zero-order valence-corrected chi connectivity index (χ0v) is 13.9. The van der Waals surface area contributed by atoms with Crippen LogP contribution < -0.4 is 0 Å². The van der Waals surface area contributed by atoms with Crippen LogP contribution in [0.15, 0.2) is 4.52 Å². The maximum Gasteiger partial charge on any atom is 0.245 e. The third-order valence-electron chi connectivity index (χ3n) is 4.58. The first-order chi connectivity index (χ1) is 10.0. The Kier molecular flexibility index (Phi) is 5.72. The van der Waals surface area contributed by atoms with Crippen LogP contribution in [0.5, 0.6) is 0 Å². The van der Waals surface area contributed by atoms with Crippen LogP contribution in [0.2, 0.25) is 0 Å². The van der Waals surface area contributed by atoms with Gasteiger partial charge in [0, 0.05) is 33.3 Å². The van der Waals surface area contributed by atoms with Crippen LogP contribution in [0, 0.1) is 12.8 Å². The van der Waals surface area contributed by atoms with Crippen molar-refractivity contribution in [3.05, 3.63) is 11.7 Å². The lowest BCUT2D eigenvalue weighted by molar-refractivity contribution is -0.00139. The Hall–Kier alpha value is -0.980. The maximum absolute atomic E-state index is 5.67. The number of hydrogen-bond donors (Lipinski definition) is 0. The standard InChI is InChI=1S/C15H28N4O2/c1-6-11(2)14(20-5)10-19-8-7-18(4)13(9-19)15-16-12(3)17-21-15/h11,13-14H,6-10H2,1-5H3. The fourth-order valence-electron chi connectivity index (χ4n) is 2.82. The van der Waals surface area contributed by atoms with Gasteiger partial charge >= 0.3 is 0 Å². The van der Waals surface area contributed by atoms with E-state index in [0.29, 0.717) is 11.7 Å². The lowest BCUT2D eigenvalue weighted by atomic mass is 10.0. The SMILES string of the molecule is CCC(C)C(CN1CCN(C)C(c2nc(C)no2)C1)OC. The highest BCUT2D eigenvalue weighted by Gasteiger charge is 2.31. The minimum Gasteiger partial charge on any atom is -0.380 e. The average molecular weight is 296 g/mol. The van der Waals surface area contributed by atoms with E-state index in [1.807, 2.05) is 14.0 Å². The molecule has 1 aromatic rings. The molecule has 1 aliphatic heterocycles. The molecule has 6 nitrogen and oxygen atoms in total. The molecule has 0 N–H and O–H groups in total. The molecule has 0 aliphatic carbocycles. The molecule has 1 saturated heterocycles. The van der Waals surface area contributed by atoms with Gasteiger partial charge in [-0.25, -0.2) is 0 Å². The highest BCUT2D eigenvalue weighted by molar-refractivity contribution is 4.96. The van der Waals surface area contributed by atoms with E-state index in [4.69, 9.17) is 9.26 Å². The molecule has 1 fully saturated rings. The Morgan fingerprint density at radius 2 is 2.19 bits per heavy atom. The van der Waals surface area contributed by atoms with Crippen molar-refractivity contribution in [1.82, 2.24) is 19.9 Å². The lowest BCUT2D eigenvalue weighted by Gasteiger charge is -2.39. The summed E-state index contributed by atoms with van der Waals surface area (Å²) in [6.07, 6.45) is 1.42. The first-order valence-corrected chi connectivity index (χ1v) is 7.80. The van der Waals surface area contributed by atoms with E-state index in [2.05, 4.69) is 40.8 Å². The molecule has 21 heavy (non-hydrogen) atoms. The molecule has 0 amide bonds. The molecular weight excluding hydrogens is 268 g/mol. The third kappa shape index (κ3) is 4.02. The summed E-state index contributed by atoms with van der Waals surface area (Å²) >= 11 is 0. The van der Waals surface area contributed by atoms with Crippen molar-refractivity contribution in [3.8, 4) is 0 Å². The molecule has 0 spiro atoms. The van der Waals surface area contributed by atoms with Gasteiger partial charge in [-0.2, -0.15) is 4.98 Å². The number of aryl methyl sites for hydroxylation is 1. The molecule has 0 aromatic carbocycles. The van der Waals surface area contributed by atoms with Crippen molar-refractivity contribution in [3.63, 3.8) is 0 Å². The molecule has 120 valence electrons. The summed E-state index contributed by atoms with van der Waals surface area (Å²) in [6, 6.07) is 0.175. The Bertz CT molecular complexity index is 437. The van der Waals surface area contributed by atoms with Gasteiger partial charge in [0.05, 0.1) is 6.10 Å². The summed E-state index contributed by atoms with van der Waals surface area (Å²) in [5.74, 6) is 1.99. The summed E-state index contributed by atoms with van der Waals surface area (Å²) in [5, 5.41) is 3.91. The minimum absolute atomic E-state index is 0.175. The largest absolute Gasteiger partial charge is 0.380 e. The van der Waals surface area contributed by atoms with Crippen LogP contribution in [0.1, 0.15) is 38.0 Å². The number of aromatic nitrogens is 2. The number of rotatable bonds is 6. The fraction of sp³-hybridized carbons (Fsp3) is 0.867. The first-order valence-electron chi connectivity index (χ1n) is 7.80. The predicted octanol–water partition coefficient (Wildman–Crippen LogP) is 1.73. The van der Waals surface area contributed by atoms with E-state index in [1.165, 1.54) is 0 Å². The second-order valence-corrected chi connectivity index (χ2v) is 6.10. The van der Waals surface area contributed by atoms with E-state index >= 15 is 0 Å². The van der Waals surface area contributed by atoms with Gasteiger partial charge < -0.3 is 9.26 Å². The minimum atomic E-state index is 0.175. The van der Waals surface area contributed by atoms with E-state index in [-0.39, 0.29) is 12.1 Å². The van der Waals surface area contributed by atoms with Crippen LogP contribution in [-0.2, 0) is 4.74 Å². The highest BCUT2D eigenvalue weighted by Crippen LogP contribution is 2.23. The summed E-state index contributed by atoms with van der Waals surface area (Å²) in [6.45, 7) is 10.3. The topological polar surface area (TPSA) is 54.6 Å². The van der Waals surface area contributed by atoms with Gasteiger partial charge in [-0.3, -0.25) is 9.80 Å². The normalized spacial score (nSPS) is 24.1. The van der Waals surface area contributed by atoms with Crippen molar-refractivity contribution in [2.24, 2.45) is 5.92 Å². The maximum atomic E-state index is 5.67. The zero-order chi connectivity index (χ0) is 15.4. The van der Waals surface area contributed by atoms with Crippen LogP contribution in [0.3, 0.4) is 0 Å². The molecule has 3 atom stereocenters. The van der Waals surface area contributed by atoms with Crippen molar-refractivity contribution in [2.45, 2.75) is 39.3 Å². The van der Waals surface area contributed by atoms with Gasteiger partial charge in [0.25, 0.3) is 0 Å². The van der Waals surface area contributed by atoms with Gasteiger partial charge in [0.1, 0.15) is 6.04 Å². The monoisotopic (exact) mass is 296 g/mol. The fourth-order valence-corrected chi connectivity index (χ4v) is 2.82. The molecule has 6 heteroatoms. The number of likely N-dealkylation sites (N-methyl/N-ethyl adjacent to an activating group) is 1. The summed E-state index contributed by atoms with van der Waals surface area (Å²) in [5.41, 5.74) is 0. The number of methoxy groups -OCH3 is 1. The molecule has 0 radical (unpaired) electrons. The van der Waals surface area contributed by atoms with E-state index in [1.54, 1.807) is 0 Å². The quantitative estimate of drug-likeness (QED) is 0.797. The Labute approximate surface area is 127 Å². The Morgan fingerprint density at radius 1 is 1.43 bits per heavy atom. The Balaban J connectivity index is 2.00. The third-order valence-corrected chi connectivity index (χ3v) is 4.58. The number of hydrogen-bond acceptors (Lipinski definition) is 6. The first kappa shape index (κ1) is 16.4. The van der Waals surface area contributed by atoms with Crippen LogP contribution in [0.25, 0.3) is 0 Å². The average Bonchev–Trinajstić information content (AvgIpc) is 2.91. The van der Waals surface area contributed by atoms with Crippen molar-refractivity contribution in [1.29, 1.82) is 0 Å². The summed E-state index contributed by atoms with van der Waals surface area (Å²) in [7, 11) is 3.93. The van der Waals surface area contributed by atoms with E-state index in [9.17, 15) is 0 Å². The molecule has 2 heterocycles. The molecule has 0 bridgehead atoms. The summed E-state index contributed by atoms with van der Waals surface area (Å²) < 4.78 is 11.0. The highest BCUT2D eigenvalue weighted by atomic mass is 16.5. The van der Waals surface area contributed by atoms with Gasteiger partial charge in [0.15, 0.2) is 5.82 Å². The van der Waals surface area contributed by atoms with Crippen molar-refractivity contribution < 1.29 is 9.26 Å². The van der Waals surface area contributed by atoms with Gasteiger partial charge in [-0.15, -0.1) is 0 Å². The second-order valence-electron chi connectivity index (χ2n) is 6.10. The van der Waals surface area contributed by atoms with Gasteiger partial charge in [-0.1, -0.05) is 25.4 Å². The van der Waals surface area contributed by atoms with Crippen LogP contribution in [0.4, 0.5) is 0 Å². The molecular formula is C15H28N4O2. The molecule has 3 unspecified atom stereocenters. The smallest absolute Gasteiger partial charge is 0.245 e. The number of ether oxygens (including phenoxy) is 1. The van der Waals surface area contributed by atoms with Crippen LogP contribution in [-0.4, -0.2) is 66.4 Å². The van der Waals surface area contributed by atoms with Crippen molar-refractivity contribution >= 4 is 0 Å². The van der Waals surface area contributed by atoms with Gasteiger partial charge in [0.2, 0.25) is 5.89 Å². The van der Waals surface area contributed by atoms with E-state index in [0.717, 1.165) is 38.5 Å². The molecule has 1 aliphatic rings. The van der Waals surface area contributed by atoms with Crippen molar-refractivity contribution in [2.75, 3.05) is 40.3 Å². The molecule has 0 saturated carbocycles. The predicted molar refractivity (Wildman–Crippen MR) is 81.1 cm³/mol. The molecule has 1 aromatic heterocycles. The lowest BCUT2D eigenvalue weighted by Crippen LogP contribution is -2.49. The van der Waals surface area contributed by atoms with Crippen LogP contribution >= 0.6 is 0 Å².